The molecule has 3 atom stereocenters. The van der Waals surface area contributed by atoms with Crippen LogP contribution in [0.15, 0.2) is 36.7 Å². The van der Waals surface area contributed by atoms with Crippen molar-refractivity contribution in [1.82, 2.24) is 15.3 Å². The highest BCUT2D eigenvalue weighted by Crippen LogP contribution is 2.49. The maximum absolute atomic E-state index is 14.5. The number of ether oxygens (including phenoxy) is 3. The first kappa shape index (κ1) is 22.8. The second kappa shape index (κ2) is 8.51. The number of para-hydroxylation sites is 1. The quantitative estimate of drug-likeness (QED) is 0.440. The van der Waals surface area contributed by atoms with Gasteiger partial charge in [-0.05, 0) is 31.0 Å². The third-order valence-electron chi connectivity index (χ3n) is 7.62. The zero-order chi connectivity index (χ0) is 25.0. The average Bonchev–Trinajstić information content (AvgIpc) is 3.19. The van der Waals surface area contributed by atoms with Crippen molar-refractivity contribution in [2.24, 2.45) is 5.41 Å². The first-order valence-electron chi connectivity index (χ1n) is 12.2. The van der Waals surface area contributed by atoms with Crippen molar-refractivity contribution < 1.29 is 23.4 Å². The number of aromatic nitrogens is 2. The van der Waals surface area contributed by atoms with Crippen LogP contribution in [0.4, 0.5) is 15.8 Å². The fraction of sp³-hybridized carbons (Fsp3) is 0.407. The number of hydrogen-bond acceptors (Lipinski definition) is 6. The molecule has 1 saturated heterocycles. The van der Waals surface area contributed by atoms with Crippen LogP contribution >= 0.6 is 0 Å². The molecule has 3 N–H and O–H groups in total. The topological polar surface area (TPSA) is 97.5 Å². The predicted octanol–water partition coefficient (Wildman–Crippen LogP) is 4.76. The molecule has 1 saturated carbocycles. The number of rotatable bonds is 7. The van der Waals surface area contributed by atoms with Gasteiger partial charge in [-0.25, -0.2) is 4.39 Å². The van der Waals surface area contributed by atoms with E-state index in [1.54, 1.807) is 24.5 Å². The lowest BCUT2D eigenvalue weighted by Gasteiger charge is -2.43. The van der Waals surface area contributed by atoms with Crippen molar-refractivity contribution in [3.63, 3.8) is 0 Å². The van der Waals surface area contributed by atoms with E-state index in [9.17, 15) is 9.18 Å². The third kappa shape index (κ3) is 3.61. The number of pyridine rings is 1. The largest absolute Gasteiger partial charge is 0.492 e. The highest BCUT2D eigenvalue weighted by Gasteiger charge is 2.44. The summed E-state index contributed by atoms with van der Waals surface area (Å²) in [6.45, 7) is 5.38. The summed E-state index contributed by atoms with van der Waals surface area (Å²) < 4.78 is 31.7. The summed E-state index contributed by atoms with van der Waals surface area (Å²) in [7, 11) is 1.42. The number of amides is 1. The molecule has 1 amide bonds. The van der Waals surface area contributed by atoms with Crippen LogP contribution in [-0.4, -0.2) is 48.3 Å². The highest BCUT2D eigenvalue weighted by molar-refractivity contribution is 6.07. The zero-order valence-corrected chi connectivity index (χ0v) is 20.5. The van der Waals surface area contributed by atoms with E-state index in [4.69, 9.17) is 14.2 Å². The van der Waals surface area contributed by atoms with Crippen LogP contribution in [0.1, 0.15) is 48.7 Å². The van der Waals surface area contributed by atoms with Gasteiger partial charge in [0.2, 0.25) is 0 Å². The fourth-order valence-corrected chi connectivity index (χ4v) is 5.24. The molecule has 188 valence electrons. The Labute approximate surface area is 208 Å². The lowest BCUT2D eigenvalue weighted by atomic mass is 9.74. The smallest absolute Gasteiger partial charge is 0.255 e. The van der Waals surface area contributed by atoms with Crippen LogP contribution in [0.5, 0.6) is 11.5 Å². The minimum atomic E-state index is -0.493. The molecule has 0 radical (unpaired) electrons. The summed E-state index contributed by atoms with van der Waals surface area (Å²) in [5, 5.41) is 6.42. The third-order valence-corrected chi connectivity index (χ3v) is 7.62. The van der Waals surface area contributed by atoms with Crippen molar-refractivity contribution in [3.05, 3.63) is 53.7 Å². The summed E-state index contributed by atoms with van der Waals surface area (Å²) in [6, 6.07) is 6.63. The number of hydrogen-bond donors (Lipinski definition) is 3. The SMILES string of the molecule is COc1c(F)cccc1Nc1c(-c2ccncc2OC[C@@H]2OCC2(C)C)[nH]c2c1C(=O)N[C@H]1CC[C@@H]21. The molecule has 0 bridgehead atoms. The molecule has 3 aliphatic rings. The van der Waals surface area contributed by atoms with Gasteiger partial charge in [0, 0.05) is 34.8 Å². The Balaban J connectivity index is 1.44. The Morgan fingerprint density at radius 3 is 2.83 bits per heavy atom. The number of methoxy groups -OCH3 is 1. The van der Waals surface area contributed by atoms with E-state index in [0.29, 0.717) is 41.6 Å². The van der Waals surface area contributed by atoms with Gasteiger partial charge in [0.05, 0.1) is 48.6 Å². The highest BCUT2D eigenvalue weighted by atomic mass is 19.1. The van der Waals surface area contributed by atoms with Gasteiger partial charge in [0.1, 0.15) is 12.4 Å². The van der Waals surface area contributed by atoms with Gasteiger partial charge < -0.3 is 29.8 Å². The van der Waals surface area contributed by atoms with Crippen LogP contribution in [0, 0.1) is 11.2 Å². The lowest BCUT2D eigenvalue weighted by molar-refractivity contribution is -0.180. The second-order valence-electron chi connectivity index (χ2n) is 10.3. The first-order chi connectivity index (χ1) is 17.4. The molecule has 4 heterocycles. The van der Waals surface area contributed by atoms with Gasteiger partial charge in [-0.3, -0.25) is 9.78 Å². The number of nitrogens with zero attached hydrogens (tertiary/aromatic N) is 1. The Bertz CT molecular complexity index is 1340. The minimum absolute atomic E-state index is 0.0157. The summed E-state index contributed by atoms with van der Waals surface area (Å²) in [5.74, 6) is 0.200. The van der Waals surface area contributed by atoms with Gasteiger partial charge in [0.25, 0.3) is 5.91 Å². The molecular weight excluding hydrogens is 463 g/mol. The molecule has 2 fully saturated rings. The summed E-state index contributed by atoms with van der Waals surface area (Å²) >= 11 is 0. The lowest BCUT2D eigenvalue weighted by Crippen LogP contribution is -2.50. The fourth-order valence-electron chi connectivity index (χ4n) is 5.24. The number of carbonyl (C=O) groups excluding carboxylic acids is 1. The maximum Gasteiger partial charge on any atom is 0.255 e. The Hall–Kier alpha value is -3.59. The van der Waals surface area contributed by atoms with E-state index >= 15 is 0 Å². The standard InChI is InChI=1S/C27H29FN4O4/c1-27(2)13-36-20(27)12-35-19-11-29-10-9-15(19)23-24(30-18-6-4-5-16(28)25(18)34-3)21-22(32-23)14-7-8-17(14)31-26(21)33/h4-6,9-11,14,17,20,30,32H,7-8,12-13H2,1-3H3,(H,31,33)/t14-,17+,20+/m1/s1. The summed E-state index contributed by atoms with van der Waals surface area (Å²) in [4.78, 5) is 21.0. The number of fused-ring (bicyclic) bond motifs is 3. The van der Waals surface area contributed by atoms with E-state index < -0.39 is 5.82 Å². The molecule has 0 unspecified atom stereocenters. The molecule has 0 spiro atoms. The summed E-state index contributed by atoms with van der Waals surface area (Å²) in [5.41, 5.74) is 3.86. The molecule has 2 aliphatic heterocycles. The number of nitrogens with one attached hydrogen (secondary N) is 3. The van der Waals surface area contributed by atoms with Crippen LogP contribution in [-0.2, 0) is 4.74 Å². The van der Waals surface area contributed by atoms with Crippen LogP contribution in [0.2, 0.25) is 0 Å². The molecular formula is C27H29FN4O4. The van der Waals surface area contributed by atoms with Crippen LogP contribution in [0.25, 0.3) is 11.3 Å². The number of H-pyrrole nitrogens is 1. The Kier molecular flexibility index (Phi) is 5.40. The minimum Gasteiger partial charge on any atom is -0.492 e. The van der Waals surface area contributed by atoms with Crippen molar-refractivity contribution in [2.75, 3.05) is 25.6 Å². The van der Waals surface area contributed by atoms with Gasteiger partial charge in [-0.1, -0.05) is 19.9 Å². The molecule has 9 heteroatoms. The number of benzene rings is 1. The van der Waals surface area contributed by atoms with E-state index in [0.717, 1.165) is 24.1 Å². The first-order valence-corrected chi connectivity index (χ1v) is 12.2. The average molecular weight is 493 g/mol. The summed E-state index contributed by atoms with van der Waals surface area (Å²) in [6.07, 6.45) is 5.27. The number of halogens is 1. The molecule has 36 heavy (non-hydrogen) atoms. The van der Waals surface area contributed by atoms with Crippen LogP contribution in [0.3, 0.4) is 0 Å². The van der Waals surface area contributed by atoms with E-state index in [2.05, 4.69) is 34.4 Å². The Morgan fingerprint density at radius 1 is 1.28 bits per heavy atom. The van der Waals surface area contributed by atoms with Gasteiger partial charge in [-0.2, -0.15) is 0 Å². The van der Waals surface area contributed by atoms with Crippen molar-refractivity contribution in [3.8, 4) is 22.8 Å². The molecule has 3 aromatic rings. The van der Waals surface area contributed by atoms with E-state index in [1.807, 2.05) is 6.07 Å². The van der Waals surface area contributed by atoms with Crippen LogP contribution < -0.4 is 20.1 Å². The normalized spacial score (nSPS) is 23.4. The molecule has 1 aromatic carbocycles. The molecule has 6 rings (SSSR count). The van der Waals surface area contributed by atoms with E-state index in [-0.39, 0.29) is 35.1 Å². The molecule has 8 nitrogen and oxygen atoms in total. The number of aromatic amines is 1. The second-order valence-corrected chi connectivity index (χ2v) is 10.3. The number of carbonyl (C=O) groups is 1. The Morgan fingerprint density at radius 2 is 2.14 bits per heavy atom. The monoisotopic (exact) mass is 492 g/mol. The zero-order valence-electron chi connectivity index (χ0n) is 20.5. The van der Waals surface area contributed by atoms with Gasteiger partial charge in [0.15, 0.2) is 11.6 Å². The van der Waals surface area contributed by atoms with E-state index in [1.165, 1.54) is 13.2 Å². The van der Waals surface area contributed by atoms with Crippen molar-refractivity contribution >= 4 is 17.3 Å². The van der Waals surface area contributed by atoms with Gasteiger partial charge >= 0.3 is 0 Å². The van der Waals surface area contributed by atoms with Crippen molar-refractivity contribution in [1.29, 1.82) is 0 Å². The van der Waals surface area contributed by atoms with Crippen molar-refractivity contribution in [2.45, 2.75) is 44.8 Å². The molecule has 1 aliphatic carbocycles. The number of anilines is 2. The van der Waals surface area contributed by atoms with Gasteiger partial charge in [-0.15, -0.1) is 0 Å². The predicted molar refractivity (Wildman–Crippen MR) is 133 cm³/mol. The maximum atomic E-state index is 14.5. The molecule has 2 aromatic heterocycles.